The van der Waals surface area contributed by atoms with Crippen LogP contribution in [-0.4, -0.2) is 32.8 Å². The number of nitrogens with one attached hydrogen (secondary N) is 1. The fourth-order valence-electron chi connectivity index (χ4n) is 2.53. The van der Waals surface area contributed by atoms with E-state index in [0.717, 1.165) is 10.7 Å². The van der Waals surface area contributed by atoms with Crippen LogP contribution in [0.4, 0.5) is 0 Å². The summed E-state index contributed by atoms with van der Waals surface area (Å²) in [6.45, 7) is 9.79. The van der Waals surface area contributed by atoms with E-state index in [9.17, 15) is 9.59 Å². The summed E-state index contributed by atoms with van der Waals surface area (Å²) in [4.78, 5) is 31.6. The SMILES string of the molecule is CCC1(C)NC(=O)C(C)(CC)N(Cc2nc(C)cs2)C1=O. The molecule has 1 fully saturated rings. The predicted octanol–water partition coefficient (Wildman–Crippen LogP) is 2.25. The maximum Gasteiger partial charge on any atom is 0.249 e. The molecule has 0 aliphatic carbocycles. The molecule has 1 aromatic heterocycles. The van der Waals surface area contributed by atoms with E-state index < -0.39 is 11.1 Å². The highest BCUT2D eigenvalue weighted by Gasteiger charge is 2.52. The van der Waals surface area contributed by atoms with E-state index in [1.54, 1.807) is 11.8 Å². The van der Waals surface area contributed by atoms with Gasteiger partial charge < -0.3 is 10.2 Å². The van der Waals surface area contributed by atoms with Crippen molar-refractivity contribution >= 4 is 23.2 Å². The summed E-state index contributed by atoms with van der Waals surface area (Å²) in [5.74, 6) is -0.107. The molecule has 1 aliphatic rings. The Kier molecular flexibility index (Phi) is 4.10. The van der Waals surface area contributed by atoms with Gasteiger partial charge in [0, 0.05) is 11.1 Å². The third-order valence-corrected chi connectivity index (χ3v) is 5.50. The quantitative estimate of drug-likeness (QED) is 0.928. The fourth-order valence-corrected chi connectivity index (χ4v) is 3.29. The van der Waals surface area contributed by atoms with Crippen LogP contribution in [0.15, 0.2) is 5.38 Å². The predicted molar refractivity (Wildman–Crippen MR) is 82.9 cm³/mol. The van der Waals surface area contributed by atoms with Crippen molar-refractivity contribution in [3.05, 3.63) is 16.1 Å². The van der Waals surface area contributed by atoms with Crippen molar-refractivity contribution in [3.8, 4) is 0 Å². The van der Waals surface area contributed by atoms with Crippen LogP contribution < -0.4 is 5.32 Å². The lowest BCUT2D eigenvalue weighted by atomic mass is 9.84. The molecule has 0 spiro atoms. The second kappa shape index (κ2) is 5.40. The number of piperazine rings is 1. The number of aromatic nitrogens is 1. The molecular weight excluding hydrogens is 286 g/mol. The maximum atomic E-state index is 12.9. The van der Waals surface area contributed by atoms with Gasteiger partial charge in [0.15, 0.2) is 0 Å². The minimum absolute atomic E-state index is 0.0261. The molecule has 1 aromatic rings. The molecule has 0 bridgehead atoms. The summed E-state index contributed by atoms with van der Waals surface area (Å²) < 4.78 is 0. The molecular formula is C15H23N3O2S. The summed E-state index contributed by atoms with van der Waals surface area (Å²) in [7, 11) is 0. The largest absolute Gasteiger partial charge is 0.340 e. The molecule has 2 heterocycles. The number of amides is 2. The Bertz CT molecular complexity index is 571. The molecule has 0 radical (unpaired) electrons. The maximum absolute atomic E-state index is 12.9. The van der Waals surface area contributed by atoms with E-state index in [1.807, 2.05) is 33.1 Å². The van der Waals surface area contributed by atoms with E-state index in [2.05, 4.69) is 10.3 Å². The molecule has 116 valence electrons. The summed E-state index contributed by atoms with van der Waals surface area (Å²) in [6, 6.07) is 0. The van der Waals surface area contributed by atoms with Crippen LogP contribution in [0.25, 0.3) is 0 Å². The normalized spacial score (nSPS) is 29.7. The Balaban J connectivity index is 2.39. The minimum atomic E-state index is -0.821. The Labute approximate surface area is 129 Å². The highest BCUT2D eigenvalue weighted by atomic mass is 32.1. The number of carbonyl (C=O) groups is 2. The van der Waals surface area contributed by atoms with E-state index in [0.29, 0.717) is 19.4 Å². The van der Waals surface area contributed by atoms with Crippen molar-refractivity contribution in [3.63, 3.8) is 0 Å². The van der Waals surface area contributed by atoms with Gasteiger partial charge >= 0.3 is 0 Å². The van der Waals surface area contributed by atoms with Crippen LogP contribution in [0.1, 0.15) is 51.2 Å². The van der Waals surface area contributed by atoms with Gasteiger partial charge in [-0.15, -0.1) is 11.3 Å². The number of hydrogen-bond acceptors (Lipinski definition) is 4. The third-order valence-electron chi connectivity index (χ3n) is 4.55. The molecule has 1 N–H and O–H groups in total. The Morgan fingerprint density at radius 3 is 2.43 bits per heavy atom. The van der Waals surface area contributed by atoms with Gasteiger partial charge in [0.25, 0.3) is 0 Å². The third kappa shape index (κ3) is 2.57. The van der Waals surface area contributed by atoms with E-state index in [4.69, 9.17) is 0 Å². The number of nitrogens with zero attached hydrogens (tertiary/aromatic N) is 2. The zero-order valence-corrected chi connectivity index (χ0v) is 14.1. The fraction of sp³-hybridized carbons (Fsp3) is 0.667. The summed E-state index contributed by atoms with van der Waals surface area (Å²) in [6.07, 6.45) is 1.15. The van der Waals surface area contributed by atoms with Crippen molar-refractivity contribution in [1.29, 1.82) is 0 Å². The highest BCUT2D eigenvalue weighted by Crippen LogP contribution is 2.32. The average molecular weight is 309 g/mol. The van der Waals surface area contributed by atoms with Gasteiger partial charge in [-0.3, -0.25) is 9.59 Å². The van der Waals surface area contributed by atoms with Crippen molar-refractivity contribution in [2.24, 2.45) is 0 Å². The van der Waals surface area contributed by atoms with Crippen LogP contribution in [0.5, 0.6) is 0 Å². The average Bonchev–Trinajstić information content (AvgIpc) is 2.87. The smallest absolute Gasteiger partial charge is 0.249 e. The van der Waals surface area contributed by atoms with Crippen LogP contribution >= 0.6 is 11.3 Å². The Morgan fingerprint density at radius 1 is 1.29 bits per heavy atom. The first-order valence-electron chi connectivity index (χ1n) is 7.32. The van der Waals surface area contributed by atoms with Crippen molar-refractivity contribution in [2.45, 2.75) is 65.1 Å². The molecule has 2 atom stereocenters. The molecule has 2 unspecified atom stereocenters. The molecule has 1 saturated heterocycles. The second-order valence-corrected chi connectivity index (χ2v) is 6.98. The lowest BCUT2D eigenvalue weighted by molar-refractivity contribution is -0.162. The van der Waals surface area contributed by atoms with Crippen LogP contribution in [0, 0.1) is 6.92 Å². The van der Waals surface area contributed by atoms with Crippen molar-refractivity contribution in [2.75, 3.05) is 0 Å². The van der Waals surface area contributed by atoms with Gasteiger partial charge in [-0.25, -0.2) is 4.98 Å². The molecule has 5 nitrogen and oxygen atoms in total. The summed E-state index contributed by atoms with van der Waals surface area (Å²) in [5.41, 5.74) is -0.691. The first-order valence-corrected chi connectivity index (χ1v) is 8.20. The molecule has 2 amide bonds. The molecule has 1 aliphatic heterocycles. The number of rotatable bonds is 4. The topological polar surface area (TPSA) is 62.3 Å². The lowest BCUT2D eigenvalue weighted by Gasteiger charge is -2.49. The zero-order valence-electron chi connectivity index (χ0n) is 13.3. The monoisotopic (exact) mass is 309 g/mol. The van der Waals surface area contributed by atoms with Gasteiger partial charge in [-0.1, -0.05) is 13.8 Å². The van der Waals surface area contributed by atoms with E-state index in [-0.39, 0.29) is 11.8 Å². The molecule has 0 aromatic carbocycles. The molecule has 2 rings (SSSR count). The van der Waals surface area contributed by atoms with Crippen LogP contribution in [0.2, 0.25) is 0 Å². The Hall–Kier alpha value is -1.43. The van der Waals surface area contributed by atoms with Crippen LogP contribution in [0.3, 0.4) is 0 Å². The first kappa shape index (κ1) is 15.9. The standard InChI is InChI=1S/C15H23N3O2S/c1-6-14(4)13(20)18(8-11-16-10(3)9-21-11)15(5,7-2)12(19)17-14/h9H,6-8H2,1-5H3,(H,17,19). The van der Waals surface area contributed by atoms with Crippen molar-refractivity contribution < 1.29 is 9.59 Å². The summed E-state index contributed by atoms with van der Waals surface area (Å²) >= 11 is 1.53. The summed E-state index contributed by atoms with van der Waals surface area (Å²) in [5, 5.41) is 5.74. The van der Waals surface area contributed by atoms with Gasteiger partial charge in [-0.2, -0.15) is 0 Å². The molecule has 6 heteroatoms. The number of carbonyl (C=O) groups excluding carboxylic acids is 2. The van der Waals surface area contributed by atoms with E-state index >= 15 is 0 Å². The van der Waals surface area contributed by atoms with Gasteiger partial charge in [-0.05, 0) is 33.6 Å². The van der Waals surface area contributed by atoms with Gasteiger partial charge in [0.1, 0.15) is 16.1 Å². The van der Waals surface area contributed by atoms with Crippen molar-refractivity contribution in [1.82, 2.24) is 15.2 Å². The number of hydrogen-bond donors (Lipinski definition) is 1. The van der Waals surface area contributed by atoms with Gasteiger partial charge in [0.2, 0.25) is 11.8 Å². The molecule has 0 saturated carbocycles. The minimum Gasteiger partial charge on any atom is -0.340 e. The van der Waals surface area contributed by atoms with Crippen LogP contribution in [-0.2, 0) is 16.1 Å². The lowest BCUT2D eigenvalue weighted by Crippen LogP contribution is -2.73. The Morgan fingerprint density at radius 2 is 1.95 bits per heavy atom. The number of aryl methyl sites for hydroxylation is 1. The van der Waals surface area contributed by atoms with Gasteiger partial charge in [0.05, 0.1) is 6.54 Å². The second-order valence-electron chi connectivity index (χ2n) is 6.04. The first-order chi connectivity index (χ1) is 9.76. The van der Waals surface area contributed by atoms with E-state index in [1.165, 1.54) is 11.3 Å². The highest BCUT2D eigenvalue weighted by molar-refractivity contribution is 7.09. The molecule has 21 heavy (non-hydrogen) atoms. The number of thiazole rings is 1. The zero-order chi connectivity index (χ0) is 15.8.